The van der Waals surface area contributed by atoms with Gasteiger partial charge in [-0.1, -0.05) is 6.42 Å². The lowest BCUT2D eigenvalue weighted by Crippen LogP contribution is -2.43. The molecule has 2 N–H and O–H groups in total. The molecule has 0 spiro atoms. The number of aryl methyl sites for hydroxylation is 2. The van der Waals surface area contributed by atoms with Crippen molar-refractivity contribution in [2.45, 2.75) is 31.6 Å². The summed E-state index contributed by atoms with van der Waals surface area (Å²) in [5.74, 6) is 0. The molecule has 0 radical (unpaired) electrons. The van der Waals surface area contributed by atoms with Crippen LogP contribution >= 0.6 is 0 Å². The normalized spacial score (nSPS) is 19.9. The minimum atomic E-state index is 0.246. The van der Waals surface area contributed by atoms with Crippen molar-refractivity contribution in [3.8, 4) is 0 Å². The smallest absolute Gasteiger partial charge is 0.0596 e. The number of nitrogens with zero attached hydrogens (tertiary/aromatic N) is 2. The van der Waals surface area contributed by atoms with E-state index in [4.69, 9.17) is 5.73 Å². The van der Waals surface area contributed by atoms with Crippen LogP contribution in [0.1, 0.15) is 30.7 Å². The molecule has 1 aliphatic rings. The van der Waals surface area contributed by atoms with Gasteiger partial charge in [0, 0.05) is 24.7 Å². The first-order valence-corrected chi connectivity index (χ1v) is 4.89. The molecule has 3 nitrogen and oxygen atoms in total. The Balaban J connectivity index is 2.37. The third-order valence-corrected chi connectivity index (χ3v) is 3.25. The first kappa shape index (κ1) is 8.75. The summed E-state index contributed by atoms with van der Waals surface area (Å²) in [6.07, 6.45) is 3.76. The van der Waals surface area contributed by atoms with Gasteiger partial charge >= 0.3 is 0 Å². The Hall–Kier alpha value is -0.830. The van der Waals surface area contributed by atoms with E-state index in [1.807, 2.05) is 18.7 Å². The van der Waals surface area contributed by atoms with Crippen LogP contribution in [0.4, 0.5) is 0 Å². The number of rotatable bonds is 2. The molecule has 0 aliphatic heterocycles. The lowest BCUT2D eigenvalue weighted by Gasteiger charge is -2.40. The molecule has 0 amide bonds. The molecule has 1 fully saturated rings. The number of nitrogens with two attached hydrogens (primary N) is 1. The highest BCUT2D eigenvalue weighted by Crippen LogP contribution is 2.42. The quantitative estimate of drug-likeness (QED) is 0.739. The van der Waals surface area contributed by atoms with Crippen molar-refractivity contribution in [1.82, 2.24) is 9.78 Å². The van der Waals surface area contributed by atoms with Gasteiger partial charge in [-0.2, -0.15) is 5.10 Å². The minimum absolute atomic E-state index is 0.246. The molecule has 1 aromatic heterocycles. The zero-order chi connectivity index (χ0) is 9.47. The van der Waals surface area contributed by atoms with Gasteiger partial charge in [-0.15, -0.1) is 0 Å². The Morgan fingerprint density at radius 2 is 2.31 bits per heavy atom. The maximum absolute atomic E-state index is 5.84. The van der Waals surface area contributed by atoms with Gasteiger partial charge in [0.05, 0.1) is 5.69 Å². The average Bonchev–Trinajstić information content (AvgIpc) is 2.30. The number of hydrogen-bond acceptors (Lipinski definition) is 2. The van der Waals surface area contributed by atoms with Crippen molar-refractivity contribution < 1.29 is 0 Å². The standard InChI is InChI=1S/C10H17N3/c1-8-6-9(13(2)12-8)10(7-11)4-3-5-10/h6H,3-5,7,11H2,1-2H3. The topological polar surface area (TPSA) is 43.8 Å². The van der Waals surface area contributed by atoms with Crippen molar-refractivity contribution in [2.75, 3.05) is 6.54 Å². The monoisotopic (exact) mass is 179 g/mol. The zero-order valence-electron chi connectivity index (χ0n) is 8.38. The molecule has 0 bridgehead atoms. The fourth-order valence-corrected chi connectivity index (χ4v) is 2.28. The molecule has 1 heterocycles. The lowest BCUT2D eigenvalue weighted by atomic mass is 9.66. The molecule has 0 atom stereocenters. The van der Waals surface area contributed by atoms with E-state index < -0.39 is 0 Å². The molecule has 13 heavy (non-hydrogen) atoms. The number of aromatic nitrogens is 2. The predicted molar refractivity (Wildman–Crippen MR) is 52.5 cm³/mol. The van der Waals surface area contributed by atoms with E-state index in [1.165, 1.54) is 25.0 Å². The van der Waals surface area contributed by atoms with E-state index >= 15 is 0 Å². The second-order valence-corrected chi connectivity index (χ2v) is 4.13. The van der Waals surface area contributed by atoms with Crippen LogP contribution in [0.2, 0.25) is 0 Å². The first-order valence-electron chi connectivity index (χ1n) is 4.89. The molecular weight excluding hydrogens is 162 g/mol. The minimum Gasteiger partial charge on any atom is -0.330 e. The summed E-state index contributed by atoms with van der Waals surface area (Å²) in [6, 6.07) is 2.17. The van der Waals surface area contributed by atoms with Crippen LogP contribution in [-0.4, -0.2) is 16.3 Å². The van der Waals surface area contributed by atoms with Crippen molar-refractivity contribution >= 4 is 0 Å². The van der Waals surface area contributed by atoms with Gasteiger partial charge in [-0.25, -0.2) is 0 Å². The Bertz CT molecular complexity index is 304. The van der Waals surface area contributed by atoms with Gasteiger partial charge in [-0.3, -0.25) is 4.68 Å². The third kappa shape index (κ3) is 1.18. The molecule has 1 saturated carbocycles. The van der Waals surface area contributed by atoms with Gasteiger partial charge in [0.25, 0.3) is 0 Å². The van der Waals surface area contributed by atoms with Crippen molar-refractivity contribution in [2.24, 2.45) is 12.8 Å². The van der Waals surface area contributed by atoms with E-state index in [1.54, 1.807) is 0 Å². The maximum atomic E-state index is 5.84. The van der Waals surface area contributed by atoms with Crippen molar-refractivity contribution in [3.05, 3.63) is 17.5 Å². The molecule has 0 aromatic carbocycles. The summed E-state index contributed by atoms with van der Waals surface area (Å²) in [7, 11) is 2.01. The van der Waals surface area contributed by atoms with Crippen LogP contribution in [0, 0.1) is 6.92 Å². The Morgan fingerprint density at radius 3 is 2.62 bits per heavy atom. The van der Waals surface area contributed by atoms with Crippen LogP contribution in [0.25, 0.3) is 0 Å². The second kappa shape index (κ2) is 2.84. The van der Waals surface area contributed by atoms with Gasteiger partial charge in [0.1, 0.15) is 0 Å². The molecule has 72 valence electrons. The van der Waals surface area contributed by atoms with Crippen LogP contribution in [0.15, 0.2) is 6.07 Å². The summed E-state index contributed by atoms with van der Waals surface area (Å²) in [6.45, 7) is 2.79. The lowest BCUT2D eigenvalue weighted by molar-refractivity contribution is 0.237. The highest BCUT2D eigenvalue weighted by molar-refractivity contribution is 5.23. The van der Waals surface area contributed by atoms with Crippen LogP contribution < -0.4 is 5.73 Å². The average molecular weight is 179 g/mol. The van der Waals surface area contributed by atoms with E-state index in [9.17, 15) is 0 Å². The number of hydrogen-bond donors (Lipinski definition) is 1. The Labute approximate surface area is 78.9 Å². The van der Waals surface area contributed by atoms with Gasteiger partial charge in [0.15, 0.2) is 0 Å². The summed E-state index contributed by atoms with van der Waals surface area (Å²) < 4.78 is 1.99. The van der Waals surface area contributed by atoms with E-state index in [2.05, 4.69) is 11.2 Å². The van der Waals surface area contributed by atoms with E-state index in [0.717, 1.165) is 12.2 Å². The highest BCUT2D eigenvalue weighted by atomic mass is 15.3. The Kier molecular flexibility index (Phi) is 1.91. The van der Waals surface area contributed by atoms with E-state index in [-0.39, 0.29) is 5.41 Å². The summed E-state index contributed by atoms with van der Waals surface area (Å²) in [4.78, 5) is 0. The predicted octanol–water partition coefficient (Wildman–Crippen LogP) is 1.11. The molecule has 0 unspecified atom stereocenters. The maximum Gasteiger partial charge on any atom is 0.0596 e. The summed E-state index contributed by atoms with van der Waals surface area (Å²) in [5, 5.41) is 4.37. The molecule has 1 aliphatic carbocycles. The summed E-state index contributed by atoms with van der Waals surface area (Å²) in [5.41, 5.74) is 8.50. The van der Waals surface area contributed by atoms with Crippen molar-refractivity contribution in [1.29, 1.82) is 0 Å². The molecule has 3 heteroatoms. The molecule has 1 aromatic rings. The fourth-order valence-electron chi connectivity index (χ4n) is 2.28. The van der Waals surface area contributed by atoms with Crippen molar-refractivity contribution in [3.63, 3.8) is 0 Å². The zero-order valence-corrected chi connectivity index (χ0v) is 8.38. The van der Waals surface area contributed by atoms with Crippen LogP contribution in [0.3, 0.4) is 0 Å². The molecular formula is C10H17N3. The van der Waals surface area contributed by atoms with Crippen LogP contribution in [0.5, 0.6) is 0 Å². The Morgan fingerprint density at radius 1 is 1.62 bits per heavy atom. The molecule has 2 rings (SSSR count). The van der Waals surface area contributed by atoms with Gasteiger partial charge < -0.3 is 5.73 Å². The first-order chi connectivity index (χ1) is 6.18. The highest BCUT2D eigenvalue weighted by Gasteiger charge is 2.39. The third-order valence-electron chi connectivity index (χ3n) is 3.25. The molecule has 0 saturated heterocycles. The van der Waals surface area contributed by atoms with Crippen LogP contribution in [-0.2, 0) is 12.5 Å². The second-order valence-electron chi connectivity index (χ2n) is 4.13. The van der Waals surface area contributed by atoms with E-state index in [0.29, 0.717) is 0 Å². The van der Waals surface area contributed by atoms with Gasteiger partial charge in [0.2, 0.25) is 0 Å². The summed E-state index contributed by atoms with van der Waals surface area (Å²) >= 11 is 0. The SMILES string of the molecule is Cc1cc(C2(CN)CCC2)n(C)n1. The fraction of sp³-hybridized carbons (Fsp3) is 0.700. The largest absolute Gasteiger partial charge is 0.330 e. The van der Waals surface area contributed by atoms with Gasteiger partial charge in [-0.05, 0) is 25.8 Å².